The molecule has 0 radical (unpaired) electrons. The minimum absolute atomic E-state index is 0.351. The molecule has 0 aliphatic heterocycles. The molecule has 2 N–H and O–H groups in total. The highest BCUT2D eigenvalue weighted by Gasteiger charge is 2.08. The molecule has 3 aromatic rings. The number of ether oxygens (including phenoxy) is 1. The van der Waals surface area contributed by atoms with Crippen molar-refractivity contribution in [1.82, 2.24) is 10.6 Å². The Morgan fingerprint density at radius 1 is 1.00 bits per heavy atom. The number of hydrogen-bond donors (Lipinski definition) is 2. The second kappa shape index (κ2) is 9.02. The van der Waals surface area contributed by atoms with Gasteiger partial charge in [-0.15, -0.1) is 6.58 Å². The molecule has 134 valence electrons. The number of carbonyl (C=O) groups is 1. The molecular weight excluding hydrogens is 324 g/mol. The second-order valence-corrected chi connectivity index (χ2v) is 6.10. The van der Waals surface area contributed by atoms with E-state index < -0.39 is 0 Å². The number of alkyl carbamates (subject to hydrolysis) is 1. The Hall–Kier alpha value is -2.85. The SMILES string of the molecule is C=CCNCCNC(=O)OCCc1c2ccccc2cc2ccccc12. The van der Waals surface area contributed by atoms with Gasteiger partial charge >= 0.3 is 6.09 Å². The summed E-state index contributed by atoms with van der Waals surface area (Å²) < 4.78 is 5.35. The monoisotopic (exact) mass is 348 g/mol. The van der Waals surface area contributed by atoms with Crippen LogP contribution in [0, 0.1) is 0 Å². The maximum atomic E-state index is 11.8. The van der Waals surface area contributed by atoms with Crippen molar-refractivity contribution in [2.75, 3.05) is 26.2 Å². The molecule has 0 bridgehead atoms. The summed E-state index contributed by atoms with van der Waals surface area (Å²) in [6.07, 6.45) is 2.09. The molecule has 0 saturated heterocycles. The summed E-state index contributed by atoms with van der Waals surface area (Å²) in [5, 5.41) is 10.7. The van der Waals surface area contributed by atoms with Gasteiger partial charge in [0.1, 0.15) is 0 Å². The molecular formula is C22H24N2O2. The van der Waals surface area contributed by atoms with E-state index in [2.05, 4.69) is 47.5 Å². The molecule has 26 heavy (non-hydrogen) atoms. The van der Waals surface area contributed by atoms with Gasteiger partial charge in [0.25, 0.3) is 0 Å². The van der Waals surface area contributed by atoms with E-state index in [1.165, 1.54) is 27.1 Å². The highest BCUT2D eigenvalue weighted by Crippen LogP contribution is 2.28. The van der Waals surface area contributed by atoms with Crippen LogP contribution in [0.15, 0.2) is 67.3 Å². The fourth-order valence-electron chi connectivity index (χ4n) is 3.13. The number of nitrogens with one attached hydrogen (secondary N) is 2. The quantitative estimate of drug-likeness (QED) is 0.367. The summed E-state index contributed by atoms with van der Waals surface area (Å²) in [5.41, 5.74) is 1.22. The average Bonchev–Trinajstić information content (AvgIpc) is 2.67. The van der Waals surface area contributed by atoms with E-state index in [9.17, 15) is 4.79 Å². The van der Waals surface area contributed by atoms with Gasteiger partial charge in [-0.25, -0.2) is 4.79 Å². The molecule has 0 atom stereocenters. The first-order chi connectivity index (χ1) is 12.8. The lowest BCUT2D eigenvalue weighted by Crippen LogP contribution is -2.32. The lowest BCUT2D eigenvalue weighted by atomic mass is 9.95. The van der Waals surface area contributed by atoms with E-state index in [0.29, 0.717) is 26.1 Å². The summed E-state index contributed by atoms with van der Waals surface area (Å²) in [7, 11) is 0. The zero-order valence-corrected chi connectivity index (χ0v) is 14.8. The Balaban J connectivity index is 1.64. The van der Waals surface area contributed by atoms with Gasteiger partial charge in [0.2, 0.25) is 0 Å². The minimum Gasteiger partial charge on any atom is -0.449 e. The van der Waals surface area contributed by atoms with Crippen LogP contribution in [0.4, 0.5) is 4.79 Å². The van der Waals surface area contributed by atoms with Crippen LogP contribution in [-0.4, -0.2) is 32.3 Å². The number of fused-ring (bicyclic) bond motifs is 2. The molecule has 0 aliphatic rings. The standard InChI is InChI=1S/C22H24N2O2/c1-2-12-23-13-14-24-22(25)26-15-11-21-19-9-5-3-7-17(19)16-18-8-4-6-10-20(18)21/h2-10,16,23H,1,11-15H2,(H,24,25). The van der Waals surface area contributed by atoms with Crippen molar-refractivity contribution in [3.8, 4) is 0 Å². The molecule has 1 amide bonds. The first-order valence-electron chi connectivity index (χ1n) is 8.91. The Kier molecular flexibility index (Phi) is 6.23. The first kappa shape index (κ1) is 18.0. The van der Waals surface area contributed by atoms with Crippen LogP contribution in [0.3, 0.4) is 0 Å². The smallest absolute Gasteiger partial charge is 0.407 e. The fraction of sp³-hybridized carbons (Fsp3) is 0.227. The molecule has 3 aromatic carbocycles. The zero-order valence-electron chi connectivity index (χ0n) is 14.8. The Labute approximate surface area is 153 Å². The van der Waals surface area contributed by atoms with E-state index in [0.717, 1.165) is 6.54 Å². The van der Waals surface area contributed by atoms with Crippen molar-refractivity contribution in [3.63, 3.8) is 0 Å². The largest absolute Gasteiger partial charge is 0.449 e. The lowest BCUT2D eigenvalue weighted by molar-refractivity contribution is 0.148. The highest BCUT2D eigenvalue weighted by atomic mass is 16.5. The van der Waals surface area contributed by atoms with E-state index in [1.807, 2.05) is 24.3 Å². The predicted octanol–water partition coefficient (Wildman–Crippen LogP) is 4.04. The molecule has 0 aromatic heterocycles. The Morgan fingerprint density at radius 3 is 2.31 bits per heavy atom. The van der Waals surface area contributed by atoms with Crippen molar-refractivity contribution < 1.29 is 9.53 Å². The summed E-state index contributed by atoms with van der Waals surface area (Å²) in [4.78, 5) is 11.8. The van der Waals surface area contributed by atoms with Gasteiger partial charge in [-0.2, -0.15) is 0 Å². The van der Waals surface area contributed by atoms with Crippen molar-refractivity contribution >= 4 is 27.6 Å². The van der Waals surface area contributed by atoms with E-state index in [1.54, 1.807) is 6.08 Å². The third kappa shape index (κ3) is 4.41. The molecule has 0 unspecified atom stereocenters. The van der Waals surface area contributed by atoms with Gasteiger partial charge in [-0.3, -0.25) is 0 Å². The molecule has 0 heterocycles. The molecule has 4 nitrogen and oxygen atoms in total. The van der Waals surface area contributed by atoms with E-state index in [-0.39, 0.29) is 6.09 Å². The topological polar surface area (TPSA) is 50.4 Å². The maximum Gasteiger partial charge on any atom is 0.407 e. The van der Waals surface area contributed by atoms with Gasteiger partial charge in [0.15, 0.2) is 0 Å². The molecule has 0 saturated carbocycles. The number of hydrogen-bond acceptors (Lipinski definition) is 3. The molecule has 3 rings (SSSR count). The average molecular weight is 348 g/mol. The van der Waals surface area contributed by atoms with E-state index in [4.69, 9.17) is 4.74 Å². The zero-order chi connectivity index (χ0) is 18.2. The fourth-order valence-corrected chi connectivity index (χ4v) is 3.13. The van der Waals surface area contributed by atoms with Crippen LogP contribution in [0.5, 0.6) is 0 Å². The first-order valence-corrected chi connectivity index (χ1v) is 8.91. The van der Waals surface area contributed by atoms with Crippen LogP contribution in [0.2, 0.25) is 0 Å². The van der Waals surface area contributed by atoms with Gasteiger partial charge in [-0.1, -0.05) is 54.6 Å². The van der Waals surface area contributed by atoms with Gasteiger partial charge in [-0.05, 0) is 33.2 Å². The van der Waals surface area contributed by atoms with Crippen molar-refractivity contribution in [3.05, 3.63) is 72.8 Å². The molecule has 0 fully saturated rings. The van der Waals surface area contributed by atoms with Gasteiger partial charge in [0, 0.05) is 26.1 Å². The van der Waals surface area contributed by atoms with Gasteiger partial charge in [0.05, 0.1) is 6.61 Å². The van der Waals surface area contributed by atoms with E-state index >= 15 is 0 Å². The normalized spacial score (nSPS) is 10.8. The number of rotatable bonds is 8. The summed E-state index contributed by atoms with van der Waals surface area (Å²) in [5.74, 6) is 0. The minimum atomic E-state index is -0.380. The number of carbonyl (C=O) groups excluding carboxylic acids is 1. The maximum absolute atomic E-state index is 11.8. The highest BCUT2D eigenvalue weighted by molar-refractivity contribution is 6.02. The second-order valence-electron chi connectivity index (χ2n) is 6.10. The summed E-state index contributed by atoms with van der Waals surface area (Å²) in [6, 6.07) is 18.9. The summed E-state index contributed by atoms with van der Waals surface area (Å²) in [6.45, 7) is 5.93. The van der Waals surface area contributed by atoms with Crippen molar-refractivity contribution in [2.45, 2.75) is 6.42 Å². The lowest BCUT2D eigenvalue weighted by Gasteiger charge is -2.12. The third-order valence-electron chi connectivity index (χ3n) is 4.33. The van der Waals surface area contributed by atoms with Gasteiger partial charge < -0.3 is 15.4 Å². The third-order valence-corrected chi connectivity index (χ3v) is 4.33. The van der Waals surface area contributed by atoms with Crippen LogP contribution in [-0.2, 0) is 11.2 Å². The number of amides is 1. The van der Waals surface area contributed by atoms with Crippen molar-refractivity contribution in [1.29, 1.82) is 0 Å². The van der Waals surface area contributed by atoms with Crippen LogP contribution < -0.4 is 10.6 Å². The molecule has 0 aliphatic carbocycles. The van der Waals surface area contributed by atoms with Crippen molar-refractivity contribution in [2.24, 2.45) is 0 Å². The van der Waals surface area contributed by atoms with Crippen LogP contribution >= 0.6 is 0 Å². The predicted molar refractivity (Wildman–Crippen MR) is 108 cm³/mol. The molecule has 0 spiro atoms. The Morgan fingerprint density at radius 2 is 1.65 bits per heavy atom. The summed E-state index contributed by atoms with van der Waals surface area (Å²) >= 11 is 0. The van der Waals surface area contributed by atoms with Crippen LogP contribution in [0.1, 0.15) is 5.56 Å². The Bertz CT molecular complexity index is 851. The van der Waals surface area contributed by atoms with Crippen LogP contribution in [0.25, 0.3) is 21.5 Å². The number of benzene rings is 3. The molecule has 4 heteroatoms.